The smallest absolute Gasteiger partial charge is 0.344 e. The summed E-state index contributed by atoms with van der Waals surface area (Å²) in [6, 6.07) is 9.96. The number of pyridine rings is 1. The largest absolute Gasteiger partial charge is 0.482 e. The maximum absolute atomic E-state index is 11.7. The van der Waals surface area contributed by atoms with Gasteiger partial charge in [-0.2, -0.15) is 0 Å². The molecule has 1 N–H and O–H groups in total. The van der Waals surface area contributed by atoms with Crippen LogP contribution in [-0.2, 0) is 9.53 Å². The third-order valence-electron chi connectivity index (χ3n) is 2.74. The van der Waals surface area contributed by atoms with E-state index < -0.39 is 5.97 Å². The predicted molar refractivity (Wildman–Crippen MR) is 84.5 cm³/mol. The normalized spacial score (nSPS) is 9.96. The zero-order valence-corrected chi connectivity index (χ0v) is 13.0. The molecule has 1 heterocycles. The van der Waals surface area contributed by atoms with Crippen molar-refractivity contribution in [1.29, 1.82) is 0 Å². The molecule has 2 aromatic rings. The van der Waals surface area contributed by atoms with Crippen LogP contribution >= 0.6 is 11.6 Å². The molecule has 1 amide bonds. The lowest BCUT2D eigenvalue weighted by atomic mass is 10.3. The van der Waals surface area contributed by atoms with Crippen molar-refractivity contribution >= 4 is 23.5 Å². The first-order valence-electron chi connectivity index (χ1n) is 6.87. The van der Waals surface area contributed by atoms with E-state index in [2.05, 4.69) is 10.3 Å². The van der Waals surface area contributed by atoms with Gasteiger partial charge in [-0.3, -0.25) is 9.78 Å². The van der Waals surface area contributed by atoms with Crippen LogP contribution in [0.4, 0.5) is 0 Å². The van der Waals surface area contributed by atoms with Gasteiger partial charge in [-0.25, -0.2) is 4.79 Å². The molecule has 0 unspecified atom stereocenters. The van der Waals surface area contributed by atoms with Gasteiger partial charge in [-0.1, -0.05) is 11.6 Å². The highest BCUT2D eigenvalue weighted by Crippen LogP contribution is 2.15. The summed E-state index contributed by atoms with van der Waals surface area (Å²) in [5, 5.41) is 3.21. The van der Waals surface area contributed by atoms with E-state index in [1.165, 1.54) is 6.20 Å². The summed E-state index contributed by atoms with van der Waals surface area (Å²) in [6.07, 6.45) is 3.04. The van der Waals surface area contributed by atoms with E-state index in [4.69, 9.17) is 21.1 Å². The van der Waals surface area contributed by atoms with Crippen LogP contribution in [0.2, 0.25) is 5.02 Å². The molecule has 0 atom stereocenters. The molecule has 23 heavy (non-hydrogen) atoms. The van der Waals surface area contributed by atoms with Crippen LogP contribution < -0.4 is 10.1 Å². The second-order valence-corrected chi connectivity index (χ2v) is 4.90. The Hall–Kier alpha value is -2.60. The molecule has 0 saturated carbocycles. The van der Waals surface area contributed by atoms with E-state index in [0.29, 0.717) is 16.3 Å². The molecule has 0 aliphatic carbocycles. The van der Waals surface area contributed by atoms with Gasteiger partial charge in [0.2, 0.25) is 0 Å². The summed E-state index contributed by atoms with van der Waals surface area (Å²) in [7, 11) is 0. The number of halogens is 1. The van der Waals surface area contributed by atoms with E-state index in [1.807, 2.05) is 0 Å². The minimum Gasteiger partial charge on any atom is -0.482 e. The van der Waals surface area contributed by atoms with Gasteiger partial charge < -0.3 is 14.8 Å². The lowest BCUT2D eigenvalue weighted by Gasteiger charge is -2.08. The Balaban J connectivity index is 1.61. The van der Waals surface area contributed by atoms with Crippen LogP contribution in [0.25, 0.3) is 0 Å². The molecule has 0 bridgehead atoms. The number of carbonyl (C=O) groups excluding carboxylic acids is 2. The lowest BCUT2D eigenvalue weighted by Crippen LogP contribution is -2.28. The Bertz CT molecular complexity index is 647. The molecule has 1 aromatic heterocycles. The Morgan fingerprint density at radius 1 is 1.17 bits per heavy atom. The first-order valence-corrected chi connectivity index (χ1v) is 7.25. The molecule has 7 heteroatoms. The molecule has 1 aromatic carbocycles. The quantitative estimate of drug-likeness (QED) is 0.619. The number of amides is 1. The van der Waals surface area contributed by atoms with Gasteiger partial charge in [0.1, 0.15) is 12.4 Å². The highest BCUT2D eigenvalue weighted by molar-refractivity contribution is 6.30. The molecular weight excluding hydrogens is 320 g/mol. The van der Waals surface area contributed by atoms with Crippen LogP contribution in [0.5, 0.6) is 5.75 Å². The monoisotopic (exact) mass is 334 g/mol. The number of benzene rings is 1. The van der Waals surface area contributed by atoms with Gasteiger partial charge in [-0.15, -0.1) is 0 Å². The highest BCUT2D eigenvalue weighted by Gasteiger charge is 2.06. The number of esters is 1. The summed E-state index contributed by atoms with van der Waals surface area (Å²) in [5.41, 5.74) is 0.449. The molecule has 0 radical (unpaired) electrons. The van der Waals surface area contributed by atoms with Crippen LogP contribution in [0, 0.1) is 0 Å². The molecular formula is C16H15ClN2O4. The second kappa shape index (κ2) is 8.75. The Kier molecular flexibility index (Phi) is 6.38. The molecule has 0 spiro atoms. The van der Waals surface area contributed by atoms with Crippen molar-refractivity contribution in [2.24, 2.45) is 0 Å². The molecule has 0 saturated heterocycles. The van der Waals surface area contributed by atoms with Gasteiger partial charge in [0.05, 0.1) is 12.1 Å². The van der Waals surface area contributed by atoms with Crippen molar-refractivity contribution in [3.63, 3.8) is 0 Å². The summed E-state index contributed by atoms with van der Waals surface area (Å²) < 4.78 is 10.2. The number of aromatic nitrogens is 1. The standard InChI is InChI=1S/C16H15ClN2O4/c17-13-3-5-14(6-4-13)23-11-15(20)22-9-8-19-16(21)12-2-1-7-18-10-12/h1-7,10H,8-9,11H2,(H,19,21). The van der Waals surface area contributed by atoms with Crippen molar-refractivity contribution in [3.8, 4) is 5.75 Å². The molecule has 0 fully saturated rings. The minimum absolute atomic E-state index is 0.0643. The van der Waals surface area contributed by atoms with Gasteiger partial charge in [-0.05, 0) is 36.4 Å². The molecule has 6 nitrogen and oxygen atoms in total. The van der Waals surface area contributed by atoms with E-state index in [-0.39, 0.29) is 25.7 Å². The fourth-order valence-electron chi connectivity index (χ4n) is 1.64. The number of carbonyl (C=O) groups is 2. The average molecular weight is 335 g/mol. The summed E-state index contributed by atoms with van der Waals surface area (Å²) in [4.78, 5) is 27.1. The van der Waals surface area contributed by atoms with E-state index in [1.54, 1.807) is 42.6 Å². The van der Waals surface area contributed by atoms with E-state index >= 15 is 0 Å². The van der Waals surface area contributed by atoms with Crippen molar-refractivity contribution in [2.75, 3.05) is 19.8 Å². The number of rotatable bonds is 7. The Labute approximate surface area is 138 Å². The summed E-state index contributed by atoms with van der Waals surface area (Å²) in [5.74, 6) is -0.265. The topological polar surface area (TPSA) is 77.5 Å². The maximum Gasteiger partial charge on any atom is 0.344 e. The van der Waals surface area contributed by atoms with Crippen LogP contribution in [0.15, 0.2) is 48.8 Å². The number of nitrogens with zero attached hydrogens (tertiary/aromatic N) is 1. The van der Waals surface area contributed by atoms with E-state index in [9.17, 15) is 9.59 Å². The van der Waals surface area contributed by atoms with Gasteiger partial charge >= 0.3 is 5.97 Å². The summed E-state index contributed by atoms with van der Waals surface area (Å²) >= 11 is 5.74. The average Bonchev–Trinajstić information content (AvgIpc) is 2.59. The fraction of sp³-hybridized carbons (Fsp3) is 0.188. The van der Waals surface area contributed by atoms with Crippen molar-refractivity contribution < 1.29 is 19.1 Å². The number of hydrogen-bond donors (Lipinski definition) is 1. The number of nitrogens with one attached hydrogen (secondary N) is 1. The van der Waals surface area contributed by atoms with Crippen molar-refractivity contribution in [3.05, 3.63) is 59.4 Å². The summed E-state index contributed by atoms with van der Waals surface area (Å²) in [6.45, 7) is 0.0629. The third kappa shape index (κ3) is 5.96. The molecule has 120 valence electrons. The molecule has 0 aliphatic rings. The van der Waals surface area contributed by atoms with Gasteiger partial charge in [0.15, 0.2) is 6.61 Å². The lowest BCUT2D eigenvalue weighted by molar-refractivity contribution is -0.145. The third-order valence-corrected chi connectivity index (χ3v) is 3.00. The van der Waals surface area contributed by atoms with Crippen molar-refractivity contribution in [2.45, 2.75) is 0 Å². The Morgan fingerprint density at radius 3 is 2.65 bits per heavy atom. The van der Waals surface area contributed by atoms with Crippen molar-refractivity contribution in [1.82, 2.24) is 10.3 Å². The van der Waals surface area contributed by atoms with Crippen LogP contribution in [0.3, 0.4) is 0 Å². The zero-order valence-electron chi connectivity index (χ0n) is 12.2. The van der Waals surface area contributed by atoms with Gasteiger partial charge in [0, 0.05) is 17.4 Å². The first kappa shape index (κ1) is 16.8. The van der Waals surface area contributed by atoms with Crippen LogP contribution in [0.1, 0.15) is 10.4 Å². The predicted octanol–water partition coefficient (Wildman–Crippen LogP) is 2.09. The molecule has 0 aliphatic heterocycles. The fourth-order valence-corrected chi connectivity index (χ4v) is 1.77. The molecule has 2 rings (SSSR count). The second-order valence-electron chi connectivity index (χ2n) is 4.46. The van der Waals surface area contributed by atoms with Crippen LogP contribution in [-0.4, -0.2) is 36.6 Å². The first-order chi connectivity index (χ1) is 11.1. The SMILES string of the molecule is O=C(COc1ccc(Cl)cc1)OCCNC(=O)c1cccnc1. The van der Waals surface area contributed by atoms with E-state index in [0.717, 1.165) is 0 Å². The minimum atomic E-state index is -0.518. The number of ether oxygens (including phenoxy) is 2. The number of hydrogen-bond acceptors (Lipinski definition) is 5. The highest BCUT2D eigenvalue weighted by atomic mass is 35.5. The Morgan fingerprint density at radius 2 is 1.96 bits per heavy atom. The maximum atomic E-state index is 11.7. The van der Waals surface area contributed by atoms with Gasteiger partial charge in [0.25, 0.3) is 5.91 Å². The zero-order chi connectivity index (χ0) is 16.5.